The van der Waals surface area contributed by atoms with Crippen LogP contribution in [-0.4, -0.2) is 30.6 Å². The van der Waals surface area contributed by atoms with Crippen LogP contribution in [0.15, 0.2) is 24.3 Å². The molecular weight excluding hydrogens is 262 g/mol. The highest BCUT2D eigenvalue weighted by Crippen LogP contribution is 2.25. The van der Waals surface area contributed by atoms with Crippen LogP contribution in [0.25, 0.3) is 0 Å². The van der Waals surface area contributed by atoms with Gasteiger partial charge in [0.15, 0.2) is 0 Å². The molecule has 1 heterocycles. The van der Waals surface area contributed by atoms with E-state index in [1.807, 2.05) is 12.1 Å². The van der Waals surface area contributed by atoms with Gasteiger partial charge in [-0.15, -0.1) is 0 Å². The lowest BCUT2D eigenvalue weighted by Gasteiger charge is -2.39. The molecule has 0 aromatic heterocycles. The number of hydrogen-bond acceptors (Lipinski definition) is 3. The molecule has 3 nitrogen and oxygen atoms in total. The first-order valence-corrected chi connectivity index (χ1v) is 7.08. The third-order valence-corrected chi connectivity index (χ3v) is 4.01. The molecular formula is C15H22F2N2O. The Bertz CT molecular complexity index is 411. The van der Waals surface area contributed by atoms with Crippen LogP contribution in [-0.2, 0) is 6.54 Å². The van der Waals surface area contributed by atoms with Crippen LogP contribution in [0, 0.1) is 5.92 Å². The van der Waals surface area contributed by atoms with Crippen LogP contribution in [0.2, 0.25) is 0 Å². The average Bonchev–Trinajstić information content (AvgIpc) is 2.41. The molecule has 5 heteroatoms. The van der Waals surface area contributed by atoms with E-state index in [1.165, 1.54) is 12.8 Å². The molecule has 0 bridgehead atoms. The quantitative estimate of drug-likeness (QED) is 0.903. The van der Waals surface area contributed by atoms with Crippen molar-refractivity contribution < 1.29 is 13.5 Å². The molecule has 112 valence electrons. The van der Waals surface area contributed by atoms with Crippen molar-refractivity contribution in [1.29, 1.82) is 0 Å². The summed E-state index contributed by atoms with van der Waals surface area (Å²) in [6.45, 7) is 1.98. The van der Waals surface area contributed by atoms with Crippen molar-refractivity contribution in [2.24, 2.45) is 11.7 Å². The van der Waals surface area contributed by atoms with Crippen molar-refractivity contribution in [3.8, 4) is 5.75 Å². The molecule has 2 rings (SSSR count). The molecule has 1 aromatic rings. The molecule has 0 spiro atoms. The molecule has 0 radical (unpaired) electrons. The molecule has 1 aliphatic heterocycles. The highest BCUT2D eigenvalue weighted by atomic mass is 19.3. The zero-order valence-electron chi connectivity index (χ0n) is 11.8. The third-order valence-electron chi connectivity index (χ3n) is 4.01. The Morgan fingerprint density at radius 2 is 2.05 bits per heavy atom. The van der Waals surface area contributed by atoms with Gasteiger partial charge in [-0.3, -0.25) is 4.90 Å². The van der Waals surface area contributed by atoms with E-state index in [0.29, 0.717) is 18.5 Å². The predicted molar refractivity (Wildman–Crippen MR) is 74.7 cm³/mol. The van der Waals surface area contributed by atoms with Gasteiger partial charge in [-0.1, -0.05) is 19.1 Å². The van der Waals surface area contributed by atoms with Gasteiger partial charge in [0.05, 0.1) is 0 Å². The maximum atomic E-state index is 12.1. The maximum Gasteiger partial charge on any atom is 0.387 e. The van der Waals surface area contributed by atoms with Crippen molar-refractivity contribution >= 4 is 0 Å². The summed E-state index contributed by atoms with van der Waals surface area (Å²) in [5, 5.41) is 0. The fraction of sp³-hybridized carbons (Fsp3) is 0.600. The van der Waals surface area contributed by atoms with Crippen molar-refractivity contribution in [2.45, 2.75) is 39.0 Å². The highest BCUT2D eigenvalue weighted by Gasteiger charge is 2.27. The average molecular weight is 284 g/mol. The largest absolute Gasteiger partial charge is 0.435 e. The second-order valence-electron chi connectivity index (χ2n) is 5.42. The first-order chi connectivity index (χ1) is 9.60. The number of alkyl halides is 2. The van der Waals surface area contributed by atoms with E-state index in [0.717, 1.165) is 18.7 Å². The van der Waals surface area contributed by atoms with Gasteiger partial charge < -0.3 is 10.5 Å². The molecule has 1 aromatic carbocycles. The summed E-state index contributed by atoms with van der Waals surface area (Å²) < 4.78 is 28.5. The van der Waals surface area contributed by atoms with Crippen molar-refractivity contribution in [3.63, 3.8) is 0 Å². The normalized spacial score (nSPS) is 24.1. The number of nitrogens with two attached hydrogens (primary N) is 1. The molecule has 20 heavy (non-hydrogen) atoms. The third kappa shape index (κ3) is 3.90. The standard InChI is InChI=1S/C15H22F2N2O/c1-11-3-2-8-19(14(11)9-18)10-12-4-6-13(7-5-12)20-15(16)17/h4-7,11,14-15H,2-3,8-10,18H2,1H3. The zero-order chi connectivity index (χ0) is 14.5. The minimum atomic E-state index is -2.77. The molecule has 2 atom stereocenters. The van der Waals surface area contributed by atoms with Crippen molar-refractivity contribution in [1.82, 2.24) is 4.90 Å². The first-order valence-electron chi connectivity index (χ1n) is 7.08. The van der Waals surface area contributed by atoms with E-state index in [2.05, 4.69) is 16.6 Å². The lowest BCUT2D eigenvalue weighted by Crippen LogP contribution is -2.47. The fourth-order valence-electron chi connectivity index (χ4n) is 2.92. The number of halogens is 2. The smallest absolute Gasteiger partial charge is 0.387 e. The Morgan fingerprint density at radius 1 is 1.35 bits per heavy atom. The molecule has 1 saturated heterocycles. The fourth-order valence-corrected chi connectivity index (χ4v) is 2.92. The van der Waals surface area contributed by atoms with Gasteiger partial charge in [0.2, 0.25) is 0 Å². The summed E-state index contributed by atoms with van der Waals surface area (Å²) >= 11 is 0. The van der Waals surface area contributed by atoms with Crippen LogP contribution in [0.4, 0.5) is 8.78 Å². The topological polar surface area (TPSA) is 38.5 Å². The second kappa shape index (κ2) is 6.99. The summed E-state index contributed by atoms with van der Waals surface area (Å²) in [4.78, 5) is 2.39. The Kier molecular flexibility index (Phi) is 5.31. The highest BCUT2D eigenvalue weighted by molar-refractivity contribution is 5.27. The molecule has 0 saturated carbocycles. The lowest BCUT2D eigenvalue weighted by atomic mass is 9.90. The number of hydrogen-bond donors (Lipinski definition) is 1. The summed E-state index contributed by atoms with van der Waals surface area (Å²) in [5.41, 5.74) is 6.97. The summed E-state index contributed by atoms with van der Waals surface area (Å²) in [5.74, 6) is 0.807. The first kappa shape index (κ1) is 15.2. The van der Waals surface area contributed by atoms with E-state index in [9.17, 15) is 8.78 Å². The van der Waals surface area contributed by atoms with Gasteiger partial charge in [-0.05, 0) is 43.0 Å². The maximum absolute atomic E-state index is 12.1. The molecule has 2 N–H and O–H groups in total. The molecule has 1 aliphatic rings. The summed E-state index contributed by atoms with van der Waals surface area (Å²) in [6, 6.07) is 7.26. The van der Waals surface area contributed by atoms with Gasteiger partial charge in [0.25, 0.3) is 0 Å². The molecule has 1 fully saturated rings. The minimum Gasteiger partial charge on any atom is -0.435 e. The Morgan fingerprint density at radius 3 is 2.65 bits per heavy atom. The predicted octanol–water partition coefficient (Wildman–Crippen LogP) is 2.85. The van der Waals surface area contributed by atoms with Crippen molar-refractivity contribution in [3.05, 3.63) is 29.8 Å². The minimum absolute atomic E-state index is 0.200. The molecule has 0 aliphatic carbocycles. The number of ether oxygens (including phenoxy) is 1. The number of piperidine rings is 1. The van der Waals surface area contributed by atoms with Gasteiger partial charge in [-0.2, -0.15) is 8.78 Å². The van der Waals surface area contributed by atoms with E-state index in [-0.39, 0.29) is 5.75 Å². The van der Waals surface area contributed by atoms with Crippen LogP contribution in [0.1, 0.15) is 25.3 Å². The second-order valence-corrected chi connectivity index (χ2v) is 5.42. The molecule has 0 amide bonds. The van der Waals surface area contributed by atoms with Crippen LogP contribution in [0.5, 0.6) is 5.75 Å². The number of rotatable bonds is 5. The monoisotopic (exact) mass is 284 g/mol. The zero-order valence-corrected chi connectivity index (χ0v) is 11.8. The van der Waals surface area contributed by atoms with E-state index >= 15 is 0 Å². The van der Waals surface area contributed by atoms with Gasteiger partial charge >= 0.3 is 6.61 Å². The van der Waals surface area contributed by atoms with E-state index < -0.39 is 6.61 Å². The SMILES string of the molecule is CC1CCCN(Cc2ccc(OC(F)F)cc2)C1CN. The van der Waals surface area contributed by atoms with Gasteiger partial charge in [0.1, 0.15) is 5.75 Å². The Balaban J connectivity index is 1.98. The summed E-state index contributed by atoms with van der Waals surface area (Å²) in [6.07, 6.45) is 2.41. The Labute approximate surface area is 118 Å². The summed E-state index contributed by atoms with van der Waals surface area (Å²) in [7, 11) is 0. The number of likely N-dealkylation sites (tertiary alicyclic amines) is 1. The van der Waals surface area contributed by atoms with Crippen LogP contribution >= 0.6 is 0 Å². The van der Waals surface area contributed by atoms with Gasteiger partial charge in [0, 0.05) is 19.1 Å². The van der Waals surface area contributed by atoms with Crippen molar-refractivity contribution in [2.75, 3.05) is 13.1 Å². The number of benzene rings is 1. The lowest BCUT2D eigenvalue weighted by molar-refractivity contribution is -0.0498. The van der Waals surface area contributed by atoms with Crippen LogP contribution in [0.3, 0.4) is 0 Å². The van der Waals surface area contributed by atoms with Gasteiger partial charge in [-0.25, -0.2) is 0 Å². The number of nitrogens with zero attached hydrogens (tertiary/aromatic N) is 1. The van der Waals surface area contributed by atoms with E-state index in [1.54, 1.807) is 12.1 Å². The van der Waals surface area contributed by atoms with Crippen LogP contribution < -0.4 is 10.5 Å². The Hall–Kier alpha value is -1.20. The van der Waals surface area contributed by atoms with E-state index in [4.69, 9.17) is 5.73 Å². The molecule has 2 unspecified atom stereocenters.